The number of alkyl halides is 3. The highest BCUT2D eigenvalue weighted by molar-refractivity contribution is 5.54. The molecule has 142 valence electrons. The third-order valence-corrected chi connectivity index (χ3v) is 4.71. The minimum absolute atomic E-state index is 0.0404. The number of benzene rings is 1. The van der Waals surface area contributed by atoms with Crippen molar-refractivity contribution in [1.82, 2.24) is 4.98 Å². The molecule has 2 aromatic rings. The number of halogens is 5. The largest absolute Gasteiger partial charge is 0.433 e. The second-order valence-corrected chi connectivity index (χ2v) is 6.56. The van der Waals surface area contributed by atoms with Crippen molar-refractivity contribution in [3.8, 4) is 6.07 Å². The maximum atomic E-state index is 13.3. The van der Waals surface area contributed by atoms with Gasteiger partial charge in [-0.3, -0.25) is 0 Å². The number of anilines is 1. The SMILES string of the molecule is N#Cc1ccc(C(F)(F)F)nc1N1CCC(Cc2ccc(F)c(F)c2)CC1. The van der Waals surface area contributed by atoms with E-state index in [0.717, 1.165) is 18.2 Å². The molecule has 0 aliphatic carbocycles. The van der Waals surface area contributed by atoms with Crippen molar-refractivity contribution in [3.05, 3.63) is 58.8 Å². The second kappa shape index (κ2) is 7.51. The van der Waals surface area contributed by atoms with Gasteiger partial charge >= 0.3 is 6.18 Å². The number of aromatic nitrogens is 1. The minimum atomic E-state index is -4.58. The second-order valence-electron chi connectivity index (χ2n) is 6.56. The van der Waals surface area contributed by atoms with E-state index in [1.807, 2.05) is 6.07 Å². The molecule has 0 atom stereocenters. The van der Waals surface area contributed by atoms with Crippen LogP contribution < -0.4 is 4.90 Å². The van der Waals surface area contributed by atoms with Gasteiger partial charge in [0, 0.05) is 13.1 Å². The van der Waals surface area contributed by atoms with Crippen LogP contribution in [0.15, 0.2) is 30.3 Å². The molecule has 27 heavy (non-hydrogen) atoms. The van der Waals surface area contributed by atoms with Crippen LogP contribution in [0.5, 0.6) is 0 Å². The van der Waals surface area contributed by atoms with Crippen molar-refractivity contribution in [2.45, 2.75) is 25.4 Å². The van der Waals surface area contributed by atoms with E-state index in [1.165, 1.54) is 12.1 Å². The third-order valence-electron chi connectivity index (χ3n) is 4.71. The summed E-state index contributed by atoms with van der Waals surface area (Å²) in [6, 6.07) is 7.62. The van der Waals surface area contributed by atoms with Gasteiger partial charge in [0.1, 0.15) is 17.6 Å². The Morgan fingerprint density at radius 1 is 1.07 bits per heavy atom. The zero-order valence-electron chi connectivity index (χ0n) is 14.2. The van der Waals surface area contributed by atoms with Gasteiger partial charge in [-0.25, -0.2) is 13.8 Å². The number of nitriles is 1. The van der Waals surface area contributed by atoms with E-state index >= 15 is 0 Å². The average Bonchev–Trinajstić information content (AvgIpc) is 2.64. The molecule has 1 aliphatic heterocycles. The van der Waals surface area contributed by atoms with Crippen molar-refractivity contribution in [2.24, 2.45) is 5.92 Å². The molecule has 1 fully saturated rings. The lowest BCUT2D eigenvalue weighted by Gasteiger charge is -2.33. The Morgan fingerprint density at radius 2 is 1.78 bits per heavy atom. The molecule has 3 rings (SSSR count). The molecule has 8 heteroatoms. The van der Waals surface area contributed by atoms with Crippen LogP contribution in [0, 0.1) is 28.9 Å². The fourth-order valence-corrected chi connectivity index (χ4v) is 3.28. The van der Waals surface area contributed by atoms with Gasteiger partial charge in [0.25, 0.3) is 0 Å². The van der Waals surface area contributed by atoms with Gasteiger partial charge in [0.15, 0.2) is 11.6 Å². The highest BCUT2D eigenvalue weighted by Gasteiger charge is 2.34. The molecule has 1 saturated heterocycles. The van der Waals surface area contributed by atoms with E-state index < -0.39 is 23.5 Å². The molecule has 1 aromatic carbocycles. The predicted molar refractivity (Wildman–Crippen MR) is 89.0 cm³/mol. The topological polar surface area (TPSA) is 39.9 Å². The zero-order valence-corrected chi connectivity index (χ0v) is 14.2. The van der Waals surface area contributed by atoms with Gasteiger partial charge in [0.05, 0.1) is 5.56 Å². The molecular formula is C19H16F5N3. The van der Waals surface area contributed by atoms with E-state index in [2.05, 4.69) is 4.98 Å². The van der Waals surface area contributed by atoms with Crippen LogP contribution in [0.25, 0.3) is 0 Å². The average molecular weight is 381 g/mol. The van der Waals surface area contributed by atoms with Gasteiger partial charge in [-0.15, -0.1) is 0 Å². The van der Waals surface area contributed by atoms with E-state index in [0.29, 0.717) is 37.9 Å². The Kier molecular flexibility index (Phi) is 5.31. The summed E-state index contributed by atoms with van der Waals surface area (Å²) in [4.78, 5) is 5.33. The van der Waals surface area contributed by atoms with Gasteiger partial charge < -0.3 is 4.90 Å². The highest BCUT2D eigenvalue weighted by atomic mass is 19.4. The van der Waals surface area contributed by atoms with Crippen LogP contribution in [-0.2, 0) is 12.6 Å². The fourth-order valence-electron chi connectivity index (χ4n) is 3.28. The van der Waals surface area contributed by atoms with E-state index in [4.69, 9.17) is 0 Å². The molecule has 0 saturated carbocycles. The summed E-state index contributed by atoms with van der Waals surface area (Å²) >= 11 is 0. The molecule has 0 amide bonds. The first-order valence-electron chi connectivity index (χ1n) is 8.45. The van der Waals surface area contributed by atoms with Crippen molar-refractivity contribution >= 4 is 5.82 Å². The maximum absolute atomic E-state index is 13.3. The number of hydrogen-bond donors (Lipinski definition) is 0. The van der Waals surface area contributed by atoms with Gasteiger partial charge in [-0.05, 0) is 55.0 Å². The van der Waals surface area contributed by atoms with Crippen molar-refractivity contribution in [2.75, 3.05) is 18.0 Å². The molecule has 1 aliphatic rings. The molecule has 2 heterocycles. The summed E-state index contributed by atoms with van der Waals surface area (Å²) in [5.41, 5.74) is -0.246. The lowest BCUT2D eigenvalue weighted by Crippen LogP contribution is -2.35. The van der Waals surface area contributed by atoms with Crippen molar-refractivity contribution in [3.63, 3.8) is 0 Å². The van der Waals surface area contributed by atoms with Crippen LogP contribution in [0.2, 0.25) is 0 Å². The van der Waals surface area contributed by atoms with Gasteiger partial charge in [-0.1, -0.05) is 6.07 Å². The Morgan fingerprint density at radius 3 is 2.37 bits per heavy atom. The first kappa shape index (κ1) is 19.1. The standard InChI is InChI=1S/C19H16F5N3/c20-15-3-1-13(10-16(15)21)9-12-5-7-27(8-6-12)18-14(11-25)2-4-17(26-18)19(22,23)24/h1-4,10,12H,5-9H2. The van der Waals surface area contributed by atoms with E-state index in [9.17, 15) is 27.2 Å². The van der Waals surface area contributed by atoms with E-state index in [1.54, 1.807) is 4.90 Å². The van der Waals surface area contributed by atoms with Crippen LogP contribution in [0.4, 0.5) is 27.8 Å². The summed E-state index contributed by atoms with van der Waals surface area (Å²) in [5, 5.41) is 9.17. The summed E-state index contributed by atoms with van der Waals surface area (Å²) < 4.78 is 65.1. The Balaban J connectivity index is 1.70. The Hall–Kier alpha value is -2.69. The monoisotopic (exact) mass is 381 g/mol. The maximum Gasteiger partial charge on any atom is 0.433 e. The molecule has 0 unspecified atom stereocenters. The lowest BCUT2D eigenvalue weighted by molar-refractivity contribution is -0.141. The predicted octanol–water partition coefficient (Wildman–Crippen LogP) is 4.71. The van der Waals surface area contributed by atoms with Gasteiger partial charge in [-0.2, -0.15) is 18.4 Å². The van der Waals surface area contributed by atoms with Crippen LogP contribution in [0.1, 0.15) is 29.7 Å². The summed E-state index contributed by atoms with van der Waals surface area (Å²) in [6.07, 6.45) is -2.70. The minimum Gasteiger partial charge on any atom is -0.355 e. The molecule has 3 nitrogen and oxygen atoms in total. The number of rotatable bonds is 3. The van der Waals surface area contributed by atoms with Crippen molar-refractivity contribution in [1.29, 1.82) is 5.26 Å². The molecular weight excluding hydrogens is 365 g/mol. The highest BCUT2D eigenvalue weighted by Crippen LogP contribution is 2.32. The third kappa shape index (κ3) is 4.35. The molecule has 0 radical (unpaired) electrons. The number of pyridine rings is 1. The van der Waals surface area contributed by atoms with Crippen LogP contribution in [0.3, 0.4) is 0 Å². The smallest absolute Gasteiger partial charge is 0.355 e. The summed E-state index contributed by atoms with van der Waals surface area (Å²) in [5.74, 6) is -1.55. The first-order chi connectivity index (χ1) is 12.8. The number of nitrogens with zero attached hydrogens (tertiary/aromatic N) is 3. The first-order valence-corrected chi connectivity index (χ1v) is 8.45. The Bertz CT molecular complexity index is 865. The number of piperidine rings is 1. The number of hydrogen-bond acceptors (Lipinski definition) is 3. The molecule has 0 N–H and O–H groups in total. The molecule has 0 spiro atoms. The lowest BCUT2D eigenvalue weighted by atomic mass is 9.90. The summed E-state index contributed by atoms with van der Waals surface area (Å²) in [7, 11) is 0. The normalized spacial score (nSPS) is 15.6. The fraction of sp³-hybridized carbons (Fsp3) is 0.368. The quantitative estimate of drug-likeness (QED) is 0.723. The molecule has 1 aromatic heterocycles. The zero-order chi connectivity index (χ0) is 19.6. The Labute approximate surface area is 153 Å². The van der Waals surface area contributed by atoms with E-state index in [-0.39, 0.29) is 17.3 Å². The van der Waals surface area contributed by atoms with Crippen LogP contribution >= 0.6 is 0 Å². The van der Waals surface area contributed by atoms with Gasteiger partial charge in [0.2, 0.25) is 0 Å². The summed E-state index contributed by atoms with van der Waals surface area (Å²) in [6.45, 7) is 0.884. The van der Waals surface area contributed by atoms with Crippen molar-refractivity contribution < 1.29 is 22.0 Å². The molecule has 0 bridgehead atoms. The van der Waals surface area contributed by atoms with Crippen LogP contribution in [-0.4, -0.2) is 18.1 Å².